The molecule has 0 bridgehead atoms. The fourth-order valence-electron chi connectivity index (χ4n) is 3.72. The molecule has 2 atom stereocenters. The van der Waals surface area contributed by atoms with Crippen LogP contribution >= 0.6 is 0 Å². The van der Waals surface area contributed by atoms with E-state index >= 15 is 0 Å². The van der Waals surface area contributed by atoms with E-state index < -0.39 is 10.0 Å². The number of carbonyl (C=O) groups excluding carboxylic acids is 2. The van der Waals surface area contributed by atoms with Crippen molar-refractivity contribution in [1.82, 2.24) is 4.31 Å². The number of rotatable bonds is 5. The number of amides is 1. The van der Waals surface area contributed by atoms with Crippen LogP contribution in [0.3, 0.4) is 0 Å². The first kappa shape index (κ1) is 21.2. The van der Waals surface area contributed by atoms with Gasteiger partial charge in [-0.25, -0.2) is 8.42 Å². The minimum Gasteiger partial charge on any atom is -0.322 e. The van der Waals surface area contributed by atoms with Gasteiger partial charge < -0.3 is 5.32 Å². The molecule has 1 aliphatic heterocycles. The number of hydrogen-bond donors (Lipinski definition) is 1. The molecule has 2 aromatic carbocycles. The summed E-state index contributed by atoms with van der Waals surface area (Å²) in [6.07, 6.45) is 1.03. The number of ketones is 1. The van der Waals surface area contributed by atoms with E-state index in [4.69, 9.17) is 0 Å². The first-order valence-corrected chi connectivity index (χ1v) is 11.1. The standard InChI is InChI=1S/C22H26N2O4S/c1-15-12-16(2)14-24(13-15)29(27,28)21-10-6-19(7-11-21)22(26)23-20-8-4-18(5-9-20)17(3)25/h4-11,15-16H,12-14H2,1-3H3,(H,23,26)/t15-,16-/m1/s1. The smallest absolute Gasteiger partial charge is 0.255 e. The summed E-state index contributed by atoms with van der Waals surface area (Å²) in [5.41, 5.74) is 1.49. The fourth-order valence-corrected chi connectivity index (χ4v) is 5.40. The van der Waals surface area contributed by atoms with Crippen LogP contribution in [0.5, 0.6) is 0 Å². The van der Waals surface area contributed by atoms with Crippen molar-refractivity contribution in [2.45, 2.75) is 32.1 Å². The summed E-state index contributed by atoms with van der Waals surface area (Å²) in [5, 5.41) is 2.75. The van der Waals surface area contributed by atoms with Crippen LogP contribution in [0.25, 0.3) is 0 Å². The molecule has 1 heterocycles. The van der Waals surface area contributed by atoms with Gasteiger partial charge in [0.05, 0.1) is 4.90 Å². The van der Waals surface area contributed by atoms with Crippen molar-refractivity contribution in [2.24, 2.45) is 11.8 Å². The van der Waals surface area contributed by atoms with Crippen molar-refractivity contribution in [3.8, 4) is 0 Å². The predicted molar refractivity (Wildman–Crippen MR) is 113 cm³/mol. The molecule has 29 heavy (non-hydrogen) atoms. The van der Waals surface area contributed by atoms with Crippen molar-refractivity contribution in [1.29, 1.82) is 0 Å². The maximum atomic E-state index is 12.9. The lowest BCUT2D eigenvalue weighted by Gasteiger charge is -2.34. The van der Waals surface area contributed by atoms with E-state index in [1.165, 1.54) is 35.5 Å². The van der Waals surface area contributed by atoms with E-state index in [1.54, 1.807) is 24.3 Å². The third kappa shape index (κ3) is 4.92. The van der Waals surface area contributed by atoms with Gasteiger partial charge in [-0.05, 0) is 73.7 Å². The maximum Gasteiger partial charge on any atom is 0.255 e. The average molecular weight is 415 g/mol. The molecule has 2 aromatic rings. The summed E-state index contributed by atoms with van der Waals surface area (Å²) in [4.78, 5) is 24.0. The number of carbonyl (C=O) groups is 2. The van der Waals surface area contributed by atoms with Gasteiger partial charge in [0.25, 0.3) is 5.91 Å². The summed E-state index contributed by atoms with van der Waals surface area (Å²) >= 11 is 0. The summed E-state index contributed by atoms with van der Waals surface area (Å²) < 4.78 is 27.4. The minimum atomic E-state index is -3.57. The highest BCUT2D eigenvalue weighted by Gasteiger charge is 2.31. The molecule has 6 nitrogen and oxygen atoms in total. The molecule has 7 heteroatoms. The molecule has 154 valence electrons. The molecule has 0 spiro atoms. The summed E-state index contributed by atoms with van der Waals surface area (Å²) in [5.74, 6) is 0.267. The Balaban J connectivity index is 1.72. The van der Waals surface area contributed by atoms with Gasteiger partial charge in [-0.15, -0.1) is 0 Å². The van der Waals surface area contributed by atoms with Crippen LogP contribution < -0.4 is 5.32 Å². The van der Waals surface area contributed by atoms with Crippen molar-refractivity contribution in [3.05, 3.63) is 59.7 Å². The van der Waals surface area contributed by atoms with E-state index in [-0.39, 0.29) is 16.6 Å². The molecule has 1 N–H and O–H groups in total. The largest absolute Gasteiger partial charge is 0.322 e. The molecule has 0 radical (unpaired) electrons. The number of piperidine rings is 1. The lowest BCUT2D eigenvalue weighted by Crippen LogP contribution is -2.42. The van der Waals surface area contributed by atoms with E-state index in [0.29, 0.717) is 41.7 Å². The molecule has 1 amide bonds. The zero-order chi connectivity index (χ0) is 21.2. The number of benzene rings is 2. The maximum absolute atomic E-state index is 12.9. The number of nitrogens with zero attached hydrogens (tertiary/aromatic N) is 1. The van der Waals surface area contributed by atoms with Crippen molar-refractivity contribution >= 4 is 27.4 Å². The normalized spacial score (nSPS) is 20.2. The molecule has 0 unspecified atom stereocenters. The first-order chi connectivity index (χ1) is 13.7. The number of hydrogen-bond acceptors (Lipinski definition) is 4. The van der Waals surface area contributed by atoms with Crippen LogP contribution in [0, 0.1) is 11.8 Å². The number of Topliss-reactive ketones (excluding diaryl/α,β-unsaturated/α-hetero) is 1. The number of sulfonamides is 1. The fraction of sp³-hybridized carbons (Fsp3) is 0.364. The van der Waals surface area contributed by atoms with Crippen LogP contribution in [0.2, 0.25) is 0 Å². The second-order valence-electron chi connectivity index (χ2n) is 7.88. The van der Waals surface area contributed by atoms with Gasteiger partial charge in [0.15, 0.2) is 5.78 Å². The Bertz CT molecular complexity index is 988. The van der Waals surface area contributed by atoms with Crippen molar-refractivity contribution in [2.75, 3.05) is 18.4 Å². The molecule has 1 aliphatic rings. The molecular formula is C22H26N2O4S. The highest BCUT2D eigenvalue weighted by Crippen LogP contribution is 2.26. The molecule has 0 aromatic heterocycles. The van der Waals surface area contributed by atoms with Gasteiger partial charge in [0.1, 0.15) is 0 Å². The Morgan fingerprint density at radius 2 is 1.41 bits per heavy atom. The van der Waals surface area contributed by atoms with Crippen molar-refractivity contribution in [3.63, 3.8) is 0 Å². The summed E-state index contributed by atoms with van der Waals surface area (Å²) in [6, 6.07) is 12.6. The van der Waals surface area contributed by atoms with Gasteiger partial charge in [0.2, 0.25) is 10.0 Å². The molecule has 0 aliphatic carbocycles. The molecule has 0 saturated carbocycles. The van der Waals surface area contributed by atoms with E-state index in [9.17, 15) is 18.0 Å². The topological polar surface area (TPSA) is 83.5 Å². The van der Waals surface area contributed by atoms with Crippen LogP contribution in [0.1, 0.15) is 47.9 Å². The Morgan fingerprint density at radius 3 is 1.93 bits per heavy atom. The van der Waals surface area contributed by atoms with Gasteiger partial charge >= 0.3 is 0 Å². The van der Waals surface area contributed by atoms with Crippen LogP contribution in [-0.4, -0.2) is 37.5 Å². The summed E-state index contributed by atoms with van der Waals surface area (Å²) in [6.45, 7) is 6.65. The second-order valence-corrected chi connectivity index (χ2v) is 9.82. The van der Waals surface area contributed by atoms with E-state index in [0.717, 1.165) is 6.42 Å². The van der Waals surface area contributed by atoms with Gasteiger partial charge in [-0.1, -0.05) is 13.8 Å². The van der Waals surface area contributed by atoms with Crippen molar-refractivity contribution < 1.29 is 18.0 Å². The Labute approximate surface area is 172 Å². The minimum absolute atomic E-state index is 0.0443. The predicted octanol–water partition coefficient (Wildman–Crippen LogP) is 3.81. The quantitative estimate of drug-likeness (QED) is 0.754. The highest BCUT2D eigenvalue weighted by atomic mass is 32.2. The molecule has 1 fully saturated rings. The van der Waals surface area contributed by atoms with E-state index in [1.807, 2.05) is 0 Å². The number of nitrogens with one attached hydrogen (secondary N) is 1. The number of anilines is 1. The zero-order valence-corrected chi connectivity index (χ0v) is 17.7. The lowest BCUT2D eigenvalue weighted by atomic mass is 9.94. The van der Waals surface area contributed by atoms with E-state index in [2.05, 4.69) is 19.2 Å². The second kappa shape index (κ2) is 8.47. The third-order valence-electron chi connectivity index (χ3n) is 5.14. The van der Waals surface area contributed by atoms with Gasteiger partial charge in [0, 0.05) is 29.9 Å². The average Bonchev–Trinajstić information content (AvgIpc) is 2.67. The van der Waals surface area contributed by atoms with Gasteiger partial charge in [-0.3, -0.25) is 9.59 Å². The van der Waals surface area contributed by atoms with Crippen LogP contribution in [-0.2, 0) is 10.0 Å². The van der Waals surface area contributed by atoms with Gasteiger partial charge in [-0.2, -0.15) is 4.31 Å². The third-order valence-corrected chi connectivity index (χ3v) is 6.98. The molecule has 1 saturated heterocycles. The Hall–Kier alpha value is -2.51. The Morgan fingerprint density at radius 1 is 0.897 bits per heavy atom. The first-order valence-electron chi connectivity index (χ1n) is 9.69. The zero-order valence-electron chi connectivity index (χ0n) is 16.9. The summed E-state index contributed by atoms with van der Waals surface area (Å²) in [7, 11) is -3.57. The monoisotopic (exact) mass is 414 g/mol. The molecular weight excluding hydrogens is 388 g/mol. The van der Waals surface area contributed by atoms with Crippen LogP contribution in [0.4, 0.5) is 5.69 Å². The molecule has 3 rings (SSSR count). The SMILES string of the molecule is CC(=O)c1ccc(NC(=O)c2ccc(S(=O)(=O)N3C[C@H](C)C[C@@H](C)C3)cc2)cc1. The highest BCUT2D eigenvalue weighted by molar-refractivity contribution is 7.89. The Kier molecular flexibility index (Phi) is 6.19. The lowest BCUT2D eigenvalue weighted by molar-refractivity contribution is 0.101. The van der Waals surface area contributed by atoms with Crippen LogP contribution in [0.15, 0.2) is 53.4 Å².